The van der Waals surface area contributed by atoms with Gasteiger partial charge in [0.25, 0.3) is 0 Å². The first kappa shape index (κ1) is 20.2. The lowest BCUT2D eigenvalue weighted by Gasteiger charge is -2.21. The Bertz CT molecular complexity index is 434. The van der Waals surface area contributed by atoms with Gasteiger partial charge in [-0.3, -0.25) is 14.6 Å². The second-order valence-electron chi connectivity index (χ2n) is 5.69. The zero-order valence-electron chi connectivity index (χ0n) is 14.4. The molecule has 7 heteroatoms. The Labute approximate surface area is 157 Å². The summed E-state index contributed by atoms with van der Waals surface area (Å²) in [6.45, 7) is 10.3. The van der Waals surface area contributed by atoms with Crippen LogP contribution < -0.4 is 10.6 Å². The van der Waals surface area contributed by atoms with Crippen LogP contribution in [0.1, 0.15) is 33.1 Å². The molecule has 0 radical (unpaired) electrons. The van der Waals surface area contributed by atoms with Crippen LogP contribution in [0.3, 0.4) is 0 Å². The molecule has 1 aliphatic heterocycles. The summed E-state index contributed by atoms with van der Waals surface area (Å²) in [5.74, 6) is 0.936. The fourth-order valence-corrected chi connectivity index (χ4v) is 2.94. The number of aliphatic imine (C=N–C) groups is 1. The highest BCUT2D eigenvalue weighted by atomic mass is 127. The molecule has 0 aliphatic carbocycles. The average molecular weight is 434 g/mol. The van der Waals surface area contributed by atoms with E-state index < -0.39 is 0 Å². The van der Waals surface area contributed by atoms with Gasteiger partial charge in [-0.1, -0.05) is 6.92 Å². The highest BCUT2D eigenvalue weighted by Crippen LogP contribution is 2.16. The van der Waals surface area contributed by atoms with Gasteiger partial charge in [0.2, 0.25) is 0 Å². The molecule has 1 aliphatic rings. The van der Waals surface area contributed by atoms with Crippen LogP contribution in [-0.2, 0) is 6.54 Å². The topological polar surface area (TPSA) is 57.5 Å². The minimum atomic E-state index is 0. The van der Waals surface area contributed by atoms with E-state index in [4.69, 9.17) is 4.99 Å². The molecule has 1 saturated heterocycles. The van der Waals surface area contributed by atoms with Crippen molar-refractivity contribution in [1.29, 1.82) is 0 Å². The number of guanidine groups is 1. The van der Waals surface area contributed by atoms with E-state index in [0.717, 1.165) is 45.1 Å². The average Bonchev–Trinajstić information content (AvgIpc) is 3.19. The lowest BCUT2D eigenvalue weighted by molar-refractivity contribution is 0.273. The molecule has 1 aromatic heterocycles. The summed E-state index contributed by atoms with van der Waals surface area (Å²) < 4.78 is 1.96. The number of nitrogens with zero attached hydrogens (tertiary/aromatic N) is 4. The fraction of sp³-hybridized carbons (Fsp3) is 0.750. The predicted molar refractivity (Wildman–Crippen MR) is 107 cm³/mol. The van der Waals surface area contributed by atoms with E-state index in [0.29, 0.717) is 6.04 Å². The van der Waals surface area contributed by atoms with E-state index in [9.17, 15) is 0 Å². The molecular weight excluding hydrogens is 403 g/mol. The molecule has 2 N–H and O–H groups in total. The van der Waals surface area contributed by atoms with Gasteiger partial charge >= 0.3 is 0 Å². The first-order valence-electron chi connectivity index (χ1n) is 8.57. The van der Waals surface area contributed by atoms with Gasteiger partial charge in [-0.2, -0.15) is 5.10 Å². The minimum Gasteiger partial charge on any atom is -0.357 e. The molecule has 0 aromatic carbocycles. The Morgan fingerprint density at radius 2 is 2.22 bits per heavy atom. The Morgan fingerprint density at radius 3 is 2.91 bits per heavy atom. The molecule has 0 bridgehead atoms. The van der Waals surface area contributed by atoms with Crippen LogP contribution in [0.5, 0.6) is 0 Å². The molecule has 2 rings (SSSR count). The van der Waals surface area contributed by atoms with E-state index in [-0.39, 0.29) is 24.0 Å². The monoisotopic (exact) mass is 434 g/mol. The molecule has 1 fully saturated rings. The largest absolute Gasteiger partial charge is 0.357 e. The smallest absolute Gasteiger partial charge is 0.191 e. The summed E-state index contributed by atoms with van der Waals surface area (Å²) >= 11 is 0. The third-order valence-corrected chi connectivity index (χ3v) is 4.13. The molecule has 1 unspecified atom stereocenters. The lowest BCUT2D eigenvalue weighted by Crippen LogP contribution is -2.39. The van der Waals surface area contributed by atoms with Gasteiger partial charge in [0.15, 0.2) is 5.96 Å². The number of likely N-dealkylation sites (tertiary alicyclic amines) is 1. The molecule has 0 spiro atoms. The number of hydrogen-bond acceptors (Lipinski definition) is 3. The molecule has 2 heterocycles. The zero-order chi connectivity index (χ0) is 15.6. The van der Waals surface area contributed by atoms with E-state index >= 15 is 0 Å². The van der Waals surface area contributed by atoms with Gasteiger partial charge in [0, 0.05) is 38.1 Å². The Hall–Kier alpha value is -0.830. The van der Waals surface area contributed by atoms with Gasteiger partial charge < -0.3 is 10.6 Å². The molecule has 132 valence electrons. The van der Waals surface area contributed by atoms with Gasteiger partial charge in [-0.05, 0) is 45.3 Å². The Balaban J connectivity index is 0.00000264. The summed E-state index contributed by atoms with van der Waals surface area (Å²) in [5.41, 5.74) is 0. The third-order valence-electron chi connectivity index (χ3n) is 4.13. The molecule has 1 atom stereocenters. The van der Waals surface area contributed by atoms with Crippen molar-refractivity contribution in [3.63, 3.8) is 0 Å². The normalized spacial score (nSPS) is 18.7. The Morgan fingerprint density at radius 1 is 1.35 bits per heavy atom. The van der Waals surface area contributed by atoms with E-state index in [1.54, 1.807) is 0 Å². The molecule has 0 saturated carbocycles. The van der Waals surface area contributed by atoms with Gasteiger partial charge in [0.1, 0.15) is 0 Å². The summed E-state index contributed by atoms with van der Waals surface area (Å²) in [7, 11) is 0. The Kier molecular flexibility index (Phi) is 10.3. The standard InChI is InChI=1S/C16H30N6.HI/c1-3-17-16(18-9-6-12-22-13-7-10-20-22)19-14-15-8-5-11-21(15)4-2;/h7,10,13,15H,3-6,8-9,11-12,14H2,1-2H3,(H2,17,18,19);1H. The number of likely N-dealkylation sites (N-methyl/N-ethyl adjacent to an activating group) is 1. The van der Waals surface area contributed by atoms with Crippen LogP contribution in [-0.4, -0.2) is 59.4 Å². The van der Waals surface area contributed by atoms with E-state index in [1.165, 1.54) is 19.4 Å². The van der Waals surface area contributed by atoms with Crippen LogP contribution in [0.2, 0.25) is 0 Å². The summed E-state index contributed by atoms with van der Waals surface area (Å²) in [6, 6.07) is 2.57. The molecule has 0 amide bonds. The fourth-order valence-electron chi connectivity index (χ4n) is 2.94. The quantitative estimate of drug-likeness (QED) is 0.284. The van der Waals surface area contributed by atoms with Gasteiger partial charge in [0.05, 0.1) is 6.54 Å². The zero-order valence-corrected chi connectivity index (χ0v) is 16.7. The number of halogens is 1. The lowest BCUT2D eigenvalue weighted by atomic mass is 10.2. The number of nitrogens with one attached hydrogen (secondary N) is 2. The summed E-state index contributed by atoms with van der Waals surface area (Å²) in [4.78, 5) is 7.29. The second kappa shape index (κ2) is 11.7. The summed E-state index contributed by atoms with van der Waals surface area (Å²) in [6.07, 6.45) is 7.44. The van der Waals surface area contributed by atoms with Crippen molar-refractivity contribution < 1.29 is 0 Å². The van der Waals surface area contributed by atoms with Crippen molar-refractivity contribution in [3.8, 4) is 0 Å². The van der Waals surface area contributed by atoms with Gasteiger partial charge in [-0.25, -0.2) is 0 Å². The molecule has 1 aromatic rings. The maximum Gasteiger partial charge on any atom is 0.191 e. The number of aryl methyl sites for hydroxylation is 1. The molecular formula is C16H31IN6. The van der Waals surface area contributed by atoms with E-state index in [2.05, 4.69) is 34.5 Å². The van der Waals surface area contributed by atoms with Crippen molar-refractivity contribution in [2.24, 2.45) is 4.99 Å². The van der Waals surface area contributed by atoms with Crippen molar-refractivity contribution in [2.45, 2.75) is 45.7 Å². The van der Waals surface area contributed by atoms with Crippen molar-refractivity contribution in [2.75, 3.05) is 32.7 Å². The van der Waals surface area contributed by atoms with Crippen LogP contribution in [0.25, 0.3) is 0 Å². The second-order valence-corrected chi connectivity index (χ2v) is 5.69. The maximum absolute atomic E-state index is 4.76. The van der Waals surface area contributed by atoms with Gasteiger partial charge in [-0.15, -0.1) is 24.0 Å². The molecule has 23 heavy (non-hydrogen) atoms. The van der Waals surface area contributed by atoms with Crippen molar-refractivity contribution in [1.82, 2.24) is 25.3 Å². The minimum absolute atomic E-state index is 0. The van der Waals surface area contributed by atoms with Crippen LogP contribution >= 0.6 is 24.0 Å². The number of rotatable bonds is 8. The van der Waals surface area contributed by atoms with E-state index in [1.807, 2.05) is 23.1 Å². The molecule has 6 nitrogen and oxygen atoms in total. The third kappa shape index (κ3) is 7.07. The van der Waals surface area contributed by atoms with Crippen LogP contribution in [0.15, 0.2) is 23.5 Å². The highest BCUT2D eigenvalue weighted by molar-refractivity contribution is 14.0. The first-order valence-corrected chi connectivity index (χ1v) is 8.57. The van der Waals surface area contributed by atoms with Crippen LogP contribution in [0, 0.1) is 0 Å². The number of hydrogen-bond donors (Lipinski definition) is 2. The maximum atomic E-state index is 4.76. The first-order chi connectivity index (χ1) is 10.8. The summed E-state index contributed by atoms with van der Waals surface area (Å²) in [5, 5.41) is 11.0. The SMILES string of the molecule is CCNC(=NCC1CCCN1CC)NCCCn1cccn1.I. The number of aromatic nitrogens is 2. The predicted octanol–water partition coefficient (Wildman–Crippen LogP) is 1.93. The van der Waals surface area contributed by atoms with Crippen molar-refractivity contribution in [3.05, 3.63) is 18.5 Å². The van der Waals surface area contributed by atoms with Crippen molar-refractivity contribution >= 4 is 29.9 Å². The highest BCUT2D eigenvalue weighted by Gasteiger charge is 2.22. The van der Waals surface area contributed by atoms with Crippen LogP contribution in [0.4, 0.5) is 0 Å².